The Labute approximate surface area is 138 Å². The van der Waals surface area contributed by atoms with Crippen molar-refractivity contribution in [2.75, 3.05) is 13.1 Å². The summed E-state index contributed by atoms with van der Waals surface area (Å²) in [5.41, 5.74) is -0.638. The normalized spacial score (nSPS) is 21.2. The second-order valence-electron chi connectivity index (χ2n) is 6.50. The minimum absolute atomic E-state index is 0.125. The molecule has 24 heavy (non-hydrogen) atoms. The Balaban J connectivity index is 1.91. The minimum Gasteiger partial charge on any atom is -0.483 e. The third-order valence-electron chi connectivity index (χ3n) is 3.33. The second kappa shape index (κ2) is 6.98. The summed E-state index contributed by atoms with van der Waals surface area (Å²) >= 11 is 0. The monoisotopic (exact) mass is 341 g/mol. The van der Waals surface area contributed by atoms with Crippen LogP contribution in [0.2, 0.25) is 0 Å². The maximum Gasteiger partial charge on any atom is 0.410 e. The van der Waals surface area contributed by atoms with Gasteiger partial charge in [-0.15, -0.1) is 0 Å². The molecule has 0 radical (unpaired) electrons. The molecule has 9 heteroatoms. The van der Waals surface area contributed by atoms with Crippen molar-refractivity contribution in [1.29, 1.82) is 0 Å². The smallest absolute Gasteiger partial charge is 0.410 e. The number of hydrogen-bond donors (Lipinski definition) is 0. The number of hydrogen-bond acceptors (Lipinski definition) is 6. The van der Waals surface area contributed by atoms with Gasteiger partial charge in [0.1, 0.15) is 11.7 Å². The first-order chi connectivity index (χ1) is 11.2. The molecule has 0 aromatic carbocycles. The number of amides is 1. The zero-order chi connectivity index (χ0) is 17.9. The lowest BCUT2D eigenvalue weighted by atomic mass is 10.1. The highest BCUT2D eigenvalue weighted by Gasteiger charge is 2.35. The molecule has 2 heterocycles. The summed E-state index contributed by atoms with van der Waals surface area (Å²) in [4.78, 5) is 26.8. The van der Waals surface area contributed by atoms with Crippen molar-refractivity contribution in [3.8, 4) is 5.75 Å². The van der Waals surface area contributed by atoms with Crippen molar-refractivity contribution in [2.45, 2.75) is 45.1 Å². The fraction of sp³-hybridized carbons (Fsp3) is 0.600. The molecule has 1 amide bonds. The Hall–Kier alpha value is -2.45. The molecule has 1 saturated heterocycles. The van der Waals surface area contributed by atoms with Gasteiger partial charge < -0.3 is 24.5 Å². The van der Waals surface area contributed by atoms with Crippen LogP contribution in [0.15, 0.2) is 18.3 Å². The molecule has 2 unspecified atom stereocenters. The molecule has 1 aromatic heterocycles. The number of nitro groups is 1. The molecule has 0 aliphatic carbocycles. The molecule has 1 aromatic rings. The van der Waals surface area contributed by atoms with Gasteiger partial charge in [0.25, 0.3) is 0 Å². The average molecular weight is 341 g/mol. The summed E-state index contributed by atoms with van der Waals surface area (Å²) in [6.07, 6.45) is -1.21. The van der Waals surface area contributed by atoms with E-state index in [-0.39, 0.29) is 24.5 Å². The lowest BCUT2D eigenvalue weighted by Gasteiger charge is -2.35. The van der Waals surface area contributed by atoms with Gasteiger partial charge in [-0.05, 0) is 36.7 Å². The summed E-state index contributed by atoms with van der Waals surface area (Å²) in [5, 5.41) is 10.5. The summed E-state index contributed by atoms with van der Waals surface area (Å²) in [6.45, 7) is 5.42. The summed E-state index contributed by atoms with van der Waals surface area (Å²) in [7, 11) is 0. The number of aromatic nitrogens is 1. The fourth-order valence-corrected chi connectivity index (χ4v) is 2.23. The van der Waals surface area contributed by atoms with Crippen molar-refractivity contribution in [1.82, 2.24) is 9.88 Å². The number of nitrogens with zero attached hydrogens (tertiary/aromatic N) is 3. The van der Waals surface area contributed by atoms with Crippen molar-refractivity contribution in [3.05, 3.63) is 28.4 Å². The van der Waals surface area contributed by atoms with Crippen LogP contribution in [0, 0.1) is 10.1 Å². The molecule has 132 valence electrons. The molecule has 2 rings (SSSR count). The van der Waals surface area contributed by atoms with Crippen LogP contribution in [0.1, 0.15) is 27.2 Å². The quantitative estimate of drug-likeness (QED) is 0.620. The topological polar surface area (TPSA) is 94.8 Å². The van der Waals surface area contributed by atoms with Crippen molar-refractivity contribution in [2.24, 2.45) is 0 Å². The van der Waals surface area contributed by atoms with E-state index in [2.05, 4.69) is 4.98 Å². The number of carbonyl (C=O) groups excluding carboxylic acids is 1. The van der Waals surface area contributed by atoms with Gasteiger partial charge in [-0.25, -0.2) is 9.18 Å². The van der Waals surface area contributed by atoms with E-state index in [0.717, 1.165) is 0 Å². The van der Waals surface area contributed by atoms with E-state index >= 15 is 0 Å². The van der Waals surface area contributed by atoms with E-state index in [9.17, 15) is 19.3 Å². The van der Waals surface area contributed by atoms with E-state index in [4.69, 9.17) is 9.47 Å². The number of likely N-dealkylation sites (tertiary alicyclic amines) is 1. The predicted molar refractivity (Wildman–Crippen MR) is 82.6 cm³/mol. The fourth-order valence-electron chi connectivity index (χ4n) is 2.23. The van der Waals surface area contributed by atoms with Crippen LogP contribution >= 0.6 is 0 Å². The lowest BCUT2D eigenvalue weighted by Crippen LogP contribution is -2.50. The van der Waals surface area contributed by atoms with Crippen LogP contribution in [0.5, 0.6) is 5.75 Å². The number of carbonyl (C=O) groups is 1. The summed E-state index contributed by atoms with van der Waals surface area (Å²) in [6, 6.07) is 2.57. The molecular weight excluding hydrogens is 321 g/mol. The van der Waals surface area contributed by atoms with Gasteiger partial charge in [-0.3, -0.25) is 0 Å². The van der Waals surface area contributed by atoms with Gasteiger partial charge in [0.15, 0.2) is 18.1 Å². The van der Waals surface area contributed by atoms with Gasteiger partial charge >= 0.3 is 11.9 Å². The van der Waals surface area contributed by atoms with E-state index < -0.39 is 28.9 Å². The summed E-state index contributed by atoms with van der Waals surface area (Å²) < 4.78 is 25.0. The molecule has 1 aliphatic rings. The van der Waals surface area contributed by atoms with Crippen molar-refractivity contribution < 1.29 is 23.6 Å². The molecule has 0 N–H and O–H groups in total. The number of alkyl halides is 1. The van der Waals surface area contributed by atoms with Crippen LogP contribution in [0.4, 0.5) is 15.0 Å². The highest BCUT2D eigenvalue weighted by atomic mass is 19.1. The van der Waals surface area contributed by atoms with Crippen molar-refractivity contribution in [3.63, 3.8) is 0 Å². The van der Waals surface area contributed by atoms with E-state index in [0.29, 0.717) is 6.54 Å². The van der Waals surface area contributed by atoms with Crippen LogP contribution in [0.25, 0.3) is 0 Å². The molecule has 8 nitrogen and oxygen atoms in total. The maximum absolute atomic E-state index is 14.3. The van der Waals surface area contributed by atoms with Crippen molar-refractivity contribution >= 4 is 11.9 Å². The lowest BCUT2D eigenvalue weighted by molar-refractivity contribution is -0.389. The average Bonchev–Trinajstić information content (AvgIpc) is 2.48. The Morgan fingerprint density at radius 3 is 2.67 bits per heavy atom. The maximum atomic E-state index is 14.3. The van der Waals surface area contributed by atoms with Crippen LogP contribution < -0.4 is 4.74 Å². The molecule has 2 atom stereocenters. The molecule has 0 saturated carbocycles. The third-order valence-corrected chi connectivity index (χ3v) is 3.33. The van der Waals surface area contributed by atoms with Gasteiger partial charge in [-0.2, -0.15) is 0 Å². The first-order valence-corrected chi connectivity index (χ1v) is 7.55. The van der Waals surface area contributed by atoms with Crippen LogP contribution in [-0.4, -0.2) is 51.9 Å². The summed E-state index contributed by atoms with van der Waals surface area (Å²) in [5.74, 6) is -0.0575. The van der Waals surface area contributed by atoms with E-state index in [1.807, 2.05) is 0 Å². The Bertz CT molecular complexity index is 602. The SMILES string of the molecule is CC(C)(C)OC(=O)N1CCC(Oc2ccc([N+](=O)[O-])nc2)C(F)C1. The highest BCUT2D eigenvalue weighted by Crippen LogP contribution is 2.23. The minimum atomic E-state index is -1.39. The van der Waals surface area contributed by atoms with Gasteiger partial charge in [0.2, 0.25) is 0 Å². The zero-order valence-electron chi connectivity index (χ0n) is 13.8. The first kappa shape index (κ1) is 17.9. The number of pyridine rings is 1. The number of rotatable bonds is 3. The zero-order valence-corrected chi connectivity index (χ0v) is 13.8. The highest BCUT2D eigenvalue weighted by molar-refractivity contribution is 5.68. The molecule has 1 aliphatic heterocycles. The van der Waals surface area contributed by atoms with Gasteiger partial charge in [-0.1, -0.05) is 0 Å². The number of ether oxygens (including phenoxy) is 2. The number of halogens is 1. The first-order valence-electron chi connectivity index (χ1n) is 7.55. The van der Waals surface area contributed by atoms with E-state index in [1.54, 1.807) is 20.8 Å². The molecular formula is C15H20FN3O5. The van der Waals surface area contributed by atoms with Crippen LogP contribution in [0.3, 0.4) is 0 Å². The molecule has 0 spiro atoms. The predicted octanol–water partition coefficient (Wildman–Crippen LogP) is 2.72. The largest absolute Gasteiger partial charge is 0.483 e. The Morgan fingerprint density at radius 2 is 2.17 bits per heavy atom. The van der Waals surface area contributed by atoms with E-state index in [1.165, 1.54) is 23.2 Å². The second-order valence-corrected chi connectivity index (χ2v) is 6.50. The molecule has 0 bridgehead atoms. The van der Waals surface area contributed by atoms with Gasteiger partial charge in [0.05, 0.1) is 6.54 Å². The number of piperidine rings is 1. The van der Waals surface area contributed by atoms with Crippen LogP contribution in [-0.2, 0) is 4.74 Å². The molecule has 1 fully saturated rings. The third kappa shape index (κ3) is 4.77. The Morgan fingerprint density at radius 1 is 1.46 bits per heavy atom. The standard InChI is InChI=1S/C15H20FN3O5/c1-15(2,3)24-14(20)18-7-6-12(11(16)9-18)23-10-4-5-13(17-8-10)19(21)22/h4-5,8,11-12H,6-7,9H2,1-3H3. The van der Waals surface area contributed by atoms with Gasteiger partial charge in [0, 0.05) is 19.0 Å². The Kier molecular flexibility index (Phi) is 5.20.